The number of carbonyl (C=O) groups is 1. The van der Waals surface area contributed by atoms with Crippen molar-refractivity contribution in [2.45, 2.75) is 25.5 Å². The highest BCUT2D eigenvalue weighted by Gasteiger charge is 2.16. The maximum atomic E-state index is 12.3. The van der Waals surface area contributed by atoms with Crippen LogP contribution in [-0.4, -0.2) is 40.6 Å². The zero-order chi connectivity index (χ0) is 20.8. The third kappa shape index (κ3) is 4.89. The van der Waals surface area contributed by atoms with E-state index in [1.807, 2.05) is 60.9 Å². The Kier molecular flexibility index (Phi) is 6.77. The van der Waals surface area contributed by atoms with Crippen LogP contribution in [-0.2, 0) is 11.3 Å². The van der Waals surface area contributed by atoms with E-state index in [0.29, 0.717) is 23.2 Å². The molecule has 0 aliphatic rings. The van der Waals surface area contributed by atoms with E-state index in [2.05, 4.69) is 15.5 Å². The summed E-state index contributed by atoms with van der Waals surface area (Å²) < 4.78 is 12.7. The maximum absolute atomic E-state index is 12.3. The van der Waals surface area contributed by atoms with Crippen molar-refractivity contribution < 1.29 is 14.3 Å². The van der Waals surface area contributed by atoms with E-state index in [1.165, 1.54) is 11.8 Å². The van der Waals surface area contributed by atoms with Crippen LogP contribution in [0.4, 0.5) is 5.69 Å². The third-order valence-corrected chi connectivity index (χ3v) is 5.28. The number of hydrogen-bond acceptors (Lipinski definition) is 6. The highest BCUT2D eigenvalue weighted by Crippen LogP contribution is 2.32. The second-order valence-electron chi connectivity index (χ2n) is 6.33. The van der Waals surface area contributed by atoms with Gasteiger partial charge in [-0.15, -0.1) is 10.2 Å². The molecule has 0 saturated carbocycles. The van der Waals surface area contributed by atoms with E-state index in [9.17, 15) is 4.79 Å². The van der Waals surface area contributed by atoms with Crippen LogP contribution in [0.5, 0.6) is 11.5 Å². The average molecular weight is 413 g/mol. The Morgan fingerprint density at radius 1 is 1.10 bits per heavy atom. The van der Waals surface area contributed by atoms with Gasteiger partial charge in [0.15, 0.2) is 22.5 Å². The number of aromatic nitrogens is 3. The number of anilines is 1. The molecule has 8 heteroatoms. The van der Waals surface area contributed by atoms with Gasteiger partial charge >= 0.3 is 0 Å². The van der Waals surface area contributed by atoms with Gasteiger partial charge in [-0.2, -0.15) is 0 Å². The van der Waals surface area contributed by atoms with Gasteiger partial charge in [0.2, 0.25) is 5.91 Å². The second-order valence-corrected chi connectivity index (χ2v) is 7.27. The molecule has 2 aromatic carbocycles. The Bertz CT molecular complexity index is 1000. The van der Waals surface area contributed by atoms with Crippen LogP contribution in [0.1, 0.15) is 12.5 Å². The van der Waals surface area contributed by atoms with E-state index >= 15 is 0 Å². The highest BCUT2D eigenvalue weighted by molar-refractivity contribution is 7.99. The van der Waals surface area contributed by atoms with Gasteiger partial charge in [0.25, 0.3) is 0 Å². The molecule has 0 atom stereocenters. The number of hydrogen-bond donors (Lipinski definition) is 1. The minimum absolute atomic E-state index is 0.0843. The molecule has 1 N–H and O–H groups in total. The lowest BCUT2D eigenvalue weighted by Gasteiger charge is -2.11. The predicted octanol–water partition coefficient (Wildman–Crippen LogP) is 4.02. The van der Waals surface area contributed by atoms with Crippen molar-refractivity contribution in [2.75, 3.05) is 25.3 Å². The average Bonchev–Trinajstić information content (AvgIpc) is 3.14. The van der Waals surface area contributed by atoms with Crippen molar-refractivity contribution in [3.8, 4) is 22.9 Å². The molecule has 3 rings (SSSR count). The second kappa shape index (κ2) is 9.47. The van der Waals surface area contributed by atoms with Crippen LogP contribution >= 0.6 is 11.8 Å². The smallest absolute Gasteiger partial charge is 0.234 e. The van der Waals surface area contributed by atoms with Crippen LogP contribution in [0.25, 0.3) is 11.4 Å². The molecule has 0 spiro atoms. The van der Waals surface area contributed by atoms with E-state index in [0.717, 1.165) is 22.6 Å². The Morgan fingerprint density at radius 3 is 2.59 bits per heavy atom. The largest absolute Gasteiger partial charge is 0.493 e. The Morgan fingerprint density at radius 2 is 1.90 bits per heavy atom. The number of nitrogens with zero attached hydrogens (tertiary/aromatic N) is 3. The SMILES string of the molecule is CCn1c(SCC(=O)Nc2cccc(C)c2)nnc1-c1ccc(OC)c(OC)c1. The minimum atomic E-state index is -0.0843. The molecule has 1 amide bonds. The molecular formula is C21H24N4O3S. The van der Waals surface area contributed by atoms with Gasteiger partial charge < -0.3 is 19.4 Å². The lowest BCUT2D eigenvalue weighted by molar-refractivity contribution is -0.113. The number of aryl methyl sites for hydroxylation is 1. The fraction of sp³-hybridized carbons (Fsp3) is 0.286. The summed E-state index contributed by atoms with van der Waals surface area (Å²) in [6.45, 7) is 4.69. The van der Waals surface area contributed by atoms with Crippen molar-refractivity contribution >= 4 is 23.4 Å². The number of ether oxygens (including phenoxy) is 2. The molecule has 0 aliphatic heterocycles. The molecule has 0 fully saturated rings. The molecule has 1 aromatic heterocycles. The summed E-state index contributed by atoms with van der Waals surface area (Å²) in [5, 5.41) is 12.2. The molecule has 0 unspecified atom stereocenters. The molecule has 7 nitrogen and oxygen atoms in total. The zero-order valence-corrected chi connectivity index (χ0v) is 17.7. The van der Waals surface area contributed by atoms with E-state index in [4.69, 9.17) is 9.47 Å². The van der Waals surface area contributed by atoms with E-state index in [1.54, 1.807) is 14.2 Å². The van der Waals surface area contributed by atoms with Gasteiger partial charge in [-0.25, -0.2) is 0 Å². The number of methoxy groups -OCH3 is 2. The molecule has 3 aromatic rings. The molecule has 29 heavy (non-hydrogen) atoms. The van der Waals surface area contributed by atoms with Crippen LogP contribution in [0.3, 0.4) is 0 Å². The quantitative estimate of drug-likeness (QED) is 0.563. The summed E-state index contributed by atoms with van der Waals surface area (Å²) >= 11 is 1.36. The molecular weight excluding hydrogens is 388 g/mol. The topological polar surface area (TPSA) is 78.3 Å². The molecule has 0 radical (unpaired) electrons. The monoisotopic (exact) mass is 412 g/mol. The van der Waals surface area contributed by atoms with E-state index in [-0.39, 0.29) is 11.7 Å². The lowest BCUT2D eigenvalue weighted by atomic mass is 10.2. The summed E-state index contributed by atoms with van der Waals surface area (Å²) in [6.07, 6.45) is 0. The van der Waals surface area contributed by atoms with Crippen molar-refractivity contribution in [3.63, 3.8) is 0 Å². The van der Waals surface area contributed by atoms with Crippen LogP contribution in [0, 0.1) is 6.92 Å². The van der Waals surface area contributed by atoms with Crippen LogP contribution in [0.2, 0.25) is 0 Å². The standard InChI is InChI=1S/C21H24N4O3S/c1-5-25-20(15-9-10-17(27-3)18(12-15)28-4)23-24-21(25)29-13-19(26)22-16-8-6-7-14(2)11-16/h6-12H,5,13H2,1-4H3,(H,22,26). The molecule has 1 heterocycles. The van der Waals surface area contributed by atoms with Gasteiger partial charge in [0.05, 0.1) is 20.0 Å². The predicted molar refractivity (Wildman–Crippen MR) is 115 cm³/mol. The summed E-state index contributed by atoms with van der Waals surface area (Å²) in [4.78, 5) is 12.3. The first-order valence-electron chi connectivity index (χ1n) is 9.20. The minimum Gasteiger partial charge on any atom is -0.493 e. The summed E-state index contributed by atoms with van der Waals surface area (Å²) in [7, 11) is 3.20. The summed E-state index contributed by atoms with van der Waals surface area (Å²) in [6, 6.07) is 13.3. The van der Waals surface area contributed by atoms with Gasteiger partial charge in [0, 0.05) is 17.8 Å². The zero-order valence-electron chi connectivity index (χ0n) is 16.9. The fourth-order valence-corrected chi connectivity index (χ4v) is 3.72. The van der Waals surface area contributed by atoms with Gasteiger partial charge in [0.1, 0.15) is 0 Å². The third-order valence-electron chi connectivity index (χ3n) is 4.31. The maximum Gasteiger partial charge on any atom is 0.234 e. The molecule has 152 valence electrons. The summed E-state index contributed by atoms with van der Waals surface area (Å²) in [5.74, 6) is 2.16. The summed E-state index contributed by atoms with van der Waals surface area (Å²) in [5.41, 5.74) is 2.76. The highest BCUT2D eigenvalue weighted by atomic mass is 32.2. The van der Waals surface area contributed by atoms with Crippen molar-refractivity contribution in [2.24, 2.45) is 0 Å². The number of amides is 1. The van der Waals surface area contributed by atoms with Crippen LogP contribution in [0.15, 0.2) is 47.6 Å². The van der Waals surface area contributed by atoms with Gasteiger partial charge in [-0.3, -0.25) is 4.79 Å². The molecule has 0 aliphatic carbocycles. The Hall–Kier alpha value is -3.00. The van der Waals surface area contributed by atoms with Gasteiger partial charge in [-0.1, -0.05) is 23.9 Å². The first-order chi connectivity index (χ1) is 14.0. The number of thioether (sulfide) groups is 1. The lowest BCUT2D eigenvalue weighted by Crippen LogP contribution is -2.14. The number of carbonyl (C=O) groups excluding carboxylic acids is 1. The van der Waals surface area contributed by atoms with Crippen molar-refractivity contribution in [3.05, 3.63) is 48.0 Å². The van der Waals surface area contributed by atoms with E-state index < -0.39 is 0 Å². The van der Waals surface area contributed by atoms with Crippen LogP contribution < -0.4 is 14.8 Å². The number of rotatable bonds is 8. The normalized spacial score (nSPS) is 10.6. The first-order valence-corrected chi connectivity index (χ1v) is 10.2. The Balaban J connectivity index is 1.73. The number of nitrogens with one attached hydrogen (secondary N) is 1. The van der Waals surface area contributed by atoms with Crippen molar-refractivity contribution in [1.82, 2.24) is 14.8 Å². The molecule has 0 saturated heterocycles. The first kappa shape index (κ1) is 20.7. The molecule has 0 bridgehead atoms. The van der Waals surface area contributed by atoms with Crippen molar-refractivity contribution in [1.29, 1.82) is 0 Å². The van der Waals surface area contributed by atoms with Gasteiger partial charge in [-0.05, 0) is 49.7 Å². The Labute approximate surface area is 174 Å². The number of benzene rings is 2. The fourth-order valence-electron chi connectivity index (χ4n) is 2.92.